The van der Waals surface area contributed by atoms with Crippen LogP contribution < -0.4 is 4.74 Å². The van der Waals surface area contributed by atoms with Gasteiger partial charge in [-0.05, 0) is 0 Å². The predicted octanol–water partition coefficient (Wildman–Crippen LogP) is 3.30. The standard InChI is InChI=1S/C20H23BrNO5S.Y/c1-24-15-27-18-6-4-3-5-17(18)19(20(23)25-2)28-16(7-9-21)8-10-22-11-13-26-14-12-22;/h3-8,19H,11-15H2,1-2H3;. The number of hydrogen-bond acceptors (Lipinski definition) is 7. The van der Waals surface area contributed by atoms with Crippen molar-refractivity contribution < 1.29 is 52.4 Å². The summed E-state index contributed by atoms with van der Waals surface area (Å²) in [5, 5.41) is -0.535. The number of morpholine rings is 1. The van der Waals surface area contributed by atoms with Crippen LogP contribution in [0, 0.1) is 0 Å². The van der Waals surface area contributed by atoms with E-state index in [9.17, 15) is 4.79 Å². The second-order valence-corrected chi connectivity index (χ2v) is 14.2. The summed E-state index contributed by atoms with van der Waals surface area (Å²) in [6.07, 6.45) is 4.38. The summed E-state index contributed by atoms with van der Waals surface area (Å²) in [5.41, 5.74) is 0.770. The summed E-state index contributed by atoms with van der Waals surface area (Å²) in [6.45, 7) is 3.48. The Morgan fingerprint density at radius 3 is 2.76 bits per heavy atom. The van der Waals surface area contributed by atoms with Crippen LogP contribution >= 0.6 is 27.7 Å². The third kappa shape index (κ3) is 6.48. The van der Waals surface area contributed by atoms with Gasteiger partial charge in [0.15, 0.2) is 0 Å². The van der Waals surface area contributed by atoms with E-state index in [4.69, 9.17) is 18.9 Å². The molecular weight excluding hydrogens is 535 g/mol. The number of rotatable bonds is 8. The Bertz CT molecular complexity index is 823. The molecule has 0 saturated carbocycles. The van der Waals surface area contributed by atoms with Crippen LogP contribution in [0.3, 0.4) is 0 Å². The molecule has 1 fully saturated rings. The third-order valence-corrected chi connectivity index (χ3v) is 10.3. The Morgan fingerprint density at radius 2 is 2.03 bits per heavy atom. The number of para-hydroxylation sites is 1. The second-order valence-electron chi connectivity index (χ2n) is 6.35. The summed E-state index contributed by atoms with van der Waals surface area (Å²) >= 11 is 4.16. The molecule has 1 aromatic carbocycles. The third-order valence-electron chi connectivity index (χ3n) is 4.44. The first-order chi connectivity index (χ1) is 14.1. The van der Waals surface area contributed by atoms with E-state index in [0.29, 0.717) is 5.75 Å². The topological polar surface area (TPSA) is 57.2 Å². The summed E-state index contributed by atoms with van der Waals surface area (Å²) < 4.78 is 24.0. The van der Waals surface area contributed by atoms with Crippen molar-refractivity contribution in [2.75, 3.05) is 47.3 Å². The summed E-state index contributed by atoms with van der Waals surface area (Å²) in [6, 6.07) is 7.51. The minimum atomic E-state index is -1.06. The van der Waals surface area contributed by atoms with Crippen LogP contribution in [0.4, 0.5) is 0 Å². The number of methoxy groups -OCH3 is 2. The van der Waals surface area contributed by atoms with Crippen LogP contribution in [-0.4, -0.2) is 59.4 Å². The van der Waals surface area contributed by atoms with Crippen molar-refractivity contribution >= 4 is 34.9 Å². The van der Waals surface area contributed by atoms with Gasteiger partial charge in [0.2, 0.25) is 0 Å². The van der Waals surface area contributed by atoms with Crippen molar-refractivity contribution in [3.63, 3.8) is 0 Å². The number of halogens is 1. The molecule has 2 heterocycles. The first-order valence-corrected chi connectivity index (χ1v) is 13.7. The molecule has 0 N–H and O–H groups in total. The zero-order valence-electron chi connectivity index (χ0n) is 16.4. The summed E-state index contributed by atoms with van der Waals surface area (Å²) in [4.78, 5) is 16.1. The van der Waals surface area contributed by atoms with Gasteiger partial charge >= 0.3 is 200 Å². The van der Waals surface area contributed by atoms with Gasteiger partial charge in [-0.15, -0.1) is 0 Å². The van der Waals surface area contributed by atoms with E-state index in [1.807, 2.05) is 24.3 Å². The van der Waals surface area contributed by atoms with E-state index in [1.165, 1.54) is 22.6 Å². The fourth-order valence-electron chi connectivity index (χ4n) is 3.05. The average molecular weight is 558 g/mol. The molecule has 29 heavy (non-hydrogen) atoms. The number of thioether (sulfide) groups is 1. The van der Waals surface area contributed by atoms with Gasteiger partial charge in [0.25, 0.3) is 0 Å². The van der Waals surface area contributed by atoms with E-state index in [2.05, 4.69) is 33.0 Å². The number of nitrogens with zero attached hydrogens (tertiary/aromatic N) is 1. The Morgan fingerprint density at radius 1 is 1.28 bits per heavy atom. The molecule has 2 aliphatic rings. The molecule has 1 unspecified atom stereocenters. The zero-order chi connectivity index (χ0) is 20.6. The summed E-state index contributed by atoms with van der Waals surface area (Å²) in [7, 11) is 2.98. The van der Waals surface area contributed by atoms with Gasteiger partial charge < -0.3 is 0 Å². The van der Waals surface area contributed by atoms with Crippen LogP contribution in [0.2, 0.25) is 0 Å². The maximum absolute atomic E-state index is 12.7. The molecule has 0 aromatic heterocycles. The number of allylic oxidation sites excluding steroid dienone is 2. The molecule has 1 atom stereocenters. The molecule has 0 bridgehead atoms. The molecule has 0 aliphatic carbocycles. The van der Waals surface area contributed by atoms with Crippen LogP contribution in [0.1, 0.15) is 10.8 Å². The van der Waals surface area contributed by atoms with Gasteiger partial charge in [0.1, 0.15) is 0 Å². The van der Waals surface area contributed by atoms with E-state index < -0.39 is 33.9 Å². The Kier molecular flexibility index (Phi) is 9.40. The number of esters is 1. The second kappa shape index (κ2) is 11.8. The van der Waals surface area contributed by atoms with Crippen LogP contribution in [-0.2, 0) is 47.7 Å². The molecule has 1 aromatic rings. The van der Waals surface area contributed by atoms with Crippen molar-refractivity contribution in [2.24, 2.45) is 0 Å². The number of carbonyl (C=O) groups excluding carboxylic acids is 1. The fraction of sp³-hybridized carbons (Fsp3) is 0.400. The molecular formula is C20H23BrNO5SY. The van der Waals surface area contributed by atoms with Crippen LogP contribution in [0.5, 0.6) is 5.75 Å². The molecule has 0 spiro atoms. The van der Waals surface area contributed by atoms with E-state index in [-0.39, 0.29) is 12.8 Å². The first kappa shape index (κ1) is 23.2. The van der Waals surface area contributed by atoms with Crippen molar-refractivity contribution in [2.45, 2.75) is 5.25 Å². The minimum absolute atomic E-state index is 0.117. The number of carbonyl (C=O) groups is 1. The monoisotopic (exact) mass is 557 g/mol. The summed E-state index contributed by atoms with van der Waals surface area (Å²) in [5.74, 6) is 0.307. The zero-order valence-corrected chi connectivity index (χ0v) is 21.7. The SMILES string of the molecule is COCOc1ccccc1C(SC1=C[C](Br)=[Y][C](N2CCOCC2)=C1)C(=O)OC. The quantitative estimate of drug-likeness (QED) is 0.359. The molecule has 6 nitrogen and oxygen atoms in total. The van der Waals surface area contributed by atoms with Crippen LogP contribution in [0.15, 0.2) is 43.8 Å². The van der Waals surface area contributed by atoms with E-state index in [0.717, 1.165) is 36.8 Å². The Balaban J connectivity index is 1.87. The van der Waals surface area contributed by atoms with Crippen molar-refractivity contribution in [1.29, 1.82) is 0 Å². The van der Waals surface area contributed by atoms with Gasteiger partial charge in [-0.1, -0.05) is 0 Å². The predicted molar refractivity (Wildman–Crippen MR) is 114 cm³/mol. The van der Waals surface area contributed by atoms with Gasteiger partial charge in [-0.25, -0.2) is 0 Å². The van der Waals surface area contributed by atoms with E-state index >= 15 is 0 Å². The van der Waals surface area contributed by atoms with Gasteiger partial charge in [0, 0.05) is 0 Å². The molecule has 9 heteroatoms. The Hall–Kier alpha value is -0.506. The maximum atomic E-state index is 12.7. The van der Waals surface area contributed by atoms with Crippen molar-refractivity contribution in [1.82, 2.24) is 4.90 Å². The van der Waals surface area contributed by atoms with Crippen LogP contribution in [0.25, 0.3) is 0 Å². The number of ether oxygens (including phenoxy) is 4. The van der Waals surface area contributed by atoms with E-state index in [1.54, 1.807) is 7.11 Å². The molecule has 154 valence electrons. The number of benzene rings is 1. The average Bonchev–Trinajstić information content (AvgIpc) is 2.76. The van der Waals surface area contributed by atoms with Gasteiger partial charge in [-0.3, -0.25) is 0 Å². The normalized spacial score (nSPS) is 17.5. The first-order valence-electron chi connectivity index (χ1n) is 9.21. The molecule has 0 radical (unpaired) electrons. The fourth-order valence-corrected chi connectivity index (χ4v) is 9.67. The Labute approximate surface area is 198 Å². The molecule has 0 amide bonds. The molecule has 2 aliphatic heterocycles. The molecule has 3 rings (SSSR count). The van der Waals surface area contributed by atoms with Crippen molar-refractivity contribution in [3.05, 3.63) is 49.4 Å². The van der Waals surface area contributed by atoms with Gasteiger partial charge in [0.05, 0.1) is 0 Å². The van der Waals surface area contributed by atoms with Gasteiger partial charge in [-0.2, -0.15) is 0 Å². The molecule has 1 saturated heterocycles. The number of hydrogen-bond donors (Lipinski definition) is 0. The van der Waals surface area contributed by atoms with Crippen molar-refractivity contribution in [3.8, 4) is 5.75 Å².